The molecular formula is C16H21N5O3. The molecule has 1 aromatic carbocycles. The number of ether oxygens (including phenoxy) is 1. The zero-order valence-corrected chi connectivity index (χ0v) is 13.9. The van der Waals surface area contributed by atoms with Gasteiger partial charge in [-0.2, -0.15) is 5.10 Å². The highest BCUT2D eigenvalue weighted by atomic mass is 16.6. The molecule has 0 aliphatic heterocycles. The largest absolute Gasteiger partial charge is 0.449 e. The quantitative estimate of drug-likeness (QED) is 0.880. The molecule has 3 amide bonds. The lowest BCUT2D eigenvalue weighted by atomic mass is 10.2. The van der Waals surface area contributed by atoms with Crippen molar-refractivity contribution in [2.45, 2.75) is 13.5 Å². The number of aryl methyl sites for hydroxylation is 1. The Morgan fingerprint density at radius 2 is 2.00 bits per heavy atom. The third-order valence-electron chi connectivity index (χ3n) is 3.27. The van der Waals surface area contributed by atoms with E-state index >= 15 is 0 Å². The van der Waals surface area contributed by atoms with Crippen molar-refractivity contribution in [2.75, 3.05) is 23.9 Å². The lowest BCUT2D eigenvalue weighted by Crippen LogP contribution is -2.28. The monoisotopic (exact) mass is 331 g/mol. The van der Waals surface area contributed by atoms with E-state index in [2.05, 4.69) is 15.7 Å². The fourth-order valence-corrected chi connectivity index (χ4v) is 2.01. The number of carbonyl (C=O) groups is 2. The molecule has 2 N–H and O–H groups in total. The molecule has 1 aromatic heterocycles. The fourth-order valence-electron chi connectivity index (χ4n) is 2.01. The average molecular weight is 331 g/mol. The molecule has 0 aliphatic carbocycles. The minimum atomic E-state index is -0.424. The van der Waals surface area contributed by atoms with Gasteiger partial charge in [0.05, 0.1) is 12.8 Å². The van der Waals surface area contributed by atoms with Gasteiger partial charge in [0.1, 0.15) is 0 Å². The maximum atomic E-state index is 11.9. The molecule has 128 valence electrons. The summed E-state index contributed by atoms with van der Waals surface area (Å²) >= 11 is 0. The highest BCUT2D eigenvalue weighted by Gasteiger charge is 2.11. The molecule has 0 fully saturated rings. The zero-order valence-electron chi connectivity index (χ0n) is 13.9. The fraction of sp³-hybridized carbons (Fsp3) is 0.312. The van der Waals surface area contributed by atoms with Gasteiger partial charge >= 0.3 is 12.1 Å². The van der Waals surface area contributed by atoms with Crippen molar-refractivity contribution in [2.24, 2.45) is 7.05 Å². The van der Waals surface area contributed by atoms with E-state index in [1.165, 1.54) is 4.90 Å². The van der Waals surface area contributed by atoms with Gasteiger partial charge < -0.3 is 15.4 Å². The van der Waals surface area contributed by atoms with E-state index in [0.717, 1.165) is 5.56 Å². The summed E-state index contributed by atoms with van der Waals surface area (Å²) in [5, 5.41) is 9.51. The van der Waals surface area contributed by atoms with E-state index in [-0.39, 0.29) is 6.03 Å². The van der Waals surface area contributed by atoms with Crippen LogP contribution >= 0.6 is 0 Å². The van der Waals surface area contributed by atoms with Gasteiger partial charge in [-0.25, -0.2) is 9.59 Å². The number of benzene rings is 1. The van der Waals surface area contributed by atoms with Crippen LogP contribution in [-0.2, 0) is 18.3 Å². The van der Waals surface area contributed by atoms with Crippen molar-refractivity contribution in [3.8, 4) is 0 Å². The summed E-state index contributed by atoms with van der Waals surface area (Å²) in [5.74, 6) is 0. The van der Waals surface area contributed by atoms with Gasteiger partial charge in [-0.3, -0.25) is 9.58 Å². The number of urea groups is 1. The molecule has 24 heavy (non-hydrogen) atoms. The third-order valence-corrected chi connectivity index (χ3v) is 3.27. The highest BCUT2D eigenvalue weighted by Crippen LogP contribution is 2.17. The number of nitrogens with one attached hydrogen (secondary N) is 2. The highest BCUT2D eigenvalue weighted by molar-refractivity contribution is 5.90. The topological polar surface area (TPSA) is 88.5 Å². The molecule has 0 radical (unpaired) electrons. The van der Waals surface area contributed by atoms with Crippen LogP contribution in [0.15, 0.2) is 36.7 Å². The predicted octanol–water partition coefficient (Wildman–Crippen LogP) is 2.33. The Morgan fingerprint density at radius 3 is 2.58 bits per heavy atom. The molecule has 0 saturated heterocycles. The number of aromatic nitrogens is 2. The van der Waals surface area contributed by atoms with Crippen LogP contribution < -0.4 is 15.5 Å². The van der Waals surface area contributed by atoms with Crippen LogP contribution in [-0.4, -0.2) is 35.6 Å². The van der Waals surface area contributed by atoms with Crippen molar-refractivity contribution < 1.29 is 14.3 Å². The standard InChI is InChI=1S/C16H21N5O3/c1-4-24-16(23)21(3)14-7-5-13(6-8-14)19-15(22)17-9-12-10-18-20(2)11-12/h5-8,10-11H,4,9H2,1-3H3,(H2,17,19,22). The van der Waals surface area contributed by atoms with E-state index < -0.39 is 6.09 Å². The Kier molecular flexibility index (Phi) is 5.78. The van der Waals surface area contributed by atoms with Crippen LogP contribution in [0.3, 0.4) is 0 Å². The molecule has 2 rings (SSSR count). The smallest absolute Gasteiger partial charge is 0.413 e. The number of anilines is 2. The maximum Gasteiger partial charge on any atom is 0.413 e. The SMILES string of the molecule is CCOC(=O)N(C)c1ccc(NC(=O)NCc2cnn(C)c2)cc1. The van der Waals surface area contributed by atoms with Crippen LogP contribution in [0, 0.1) is 0 Å². The van der Waals surface area contributed by atoms with Gasteiger partial charge in [-0.05, 0) is 31.2 Å². The van der Waals surface area contributed by atoms with Crippen molar-refractivity contribution in [3.05, 3.63) is 42.2 Å². The van der Waals surface area contributed by atoms with Gasteiger partial charge in [0.25, 0.3) is 0 Å². The molecule has 0 saturated carbocycles. The van der Waals surface area contributed by atoms with Crippen LogP contribution in [0.1, 0.15) is 12.5 Å². The van der Waals surface area contributed by atoms with E-state index in [1.54, 1.807) is 49.1 Å². The van der Waals surface area contributed by atoms with Crippen molar-refractivity contribution in [3.63, 3.8) is 0 Å². The van der Waals surface area contributed by atoms with Crippen molar-refractivity contribution in [1.29, 1.82) is 0 Å². The van der Waals surface area contributed by atoms with E-state index in [0.29, 0.717) is 24.5 Å². The van der Waals surface area contributed by atoms with Crippen LogP contribution in [0.2, 0.25) is 0 Å². The number of hydrogen-bond acceptors (Lipinski definition) is 4. The number of amides is 3. The summed E-state index contributed by atoms with van der Waals surface area (Å²) in [6.07, 6.45) is 3.10. The summed E-state index contributed by atoms with van der Waals surface area (Å²) in [7, 11) is 3.44. The first kappa shape index (κ1) is 17.3. The second-order valence-electron chi connectivity index (χ2n) is 5.13. The van der Waals surface area contributed by atoms with E-state index in [9.17, 15) is 9.59 Å². The van der Waals surface area contributed by atoms with Gasteiger partial charge in [0.2, 0.25) is 0 Å². The summed E-state index contributed by atoms with van der Waals surface area (Å²) in [6.45, 7) is 2.46. The molecule has 8 heteroatoms. The van der Waals surface area contributed by atoms with Gasteiger partial charge in [0.15, 0.2) is 0 Å². The summed E-state index contributed by atoms with van der Waals surface area (Å²) in [4.78, 5) is 24.9. The van der Waals surface area contributed by atoms with Gasteiger partial charge in [-0.15, -0.1) is 0 Å². The van der Waals surface area contributed by atoms with Crippen molar-refractivity contribution in [1.82, 2.24) is 15.1 Å². The second-order valence-corrected chi connectivity index (χ2v) is 5.13. The normalized spacial score (nSPS) is 10.1. The molecule has 2 aromatic rings. The Morgan fingerprint density at radius 1 is 1.29 bits per heavy atom. The van der Waals surface area contributed by atoms with Gasteiger partial charge in [-0.1, -0.05) is 0 Å². The first-order valence-corrected chi connectivity index (χ1v) is 7.52. The van der Waals surface area contributed by atoms with Crippen molar-refractivity contribution >= 4 is 23.5 Å². The third kappa shape index (κ3) is 4.73. The number of hydrogen-bond donors (Lipinski definition) is 2. The Labute approximate surface area is 140 Å². The molecule has 0 aliphatic rings. The lowest BCUT2D eigenvalue weighted by molar-refractivity contribution is 0.161. The molecule has 8 nitrogen and oxygen atoms in total. The maximum absolute atomic E-state index is 11.9. The summed E-state index contributed by atoms with van der Waals surface area (Å²) in [5.41, 5.74) is 2.22. The van der Waals surface area contributed by atoms with E-state index in [4.69, 9.17) is 4.74 Å². The number of carbonyl (C=O) groups excluding carboxylic acids is 2. The Balaban J connectivity index is 1.86. The average Bonchev–Trinajstić information content (AvgIpc) is 2.99. The Bertz CT molecular complexity index is 696. The molecule has 0 bridgehead atoms. The first-order chi connectivity index (χ1) is 11.5. The molecule has 0 atom stereocenters. The Hall–Kier alpha value is -3.03. The lowest BCUT2D eigenvalue weighted by Gasteiger charge is -2.17. The minimum Gasteiger partial charge on any atom is -0.449 e. The molecule has 0 unspecified atom stereocenters. The minimum absolute atomic E-state index is 0.314. The van der Waals surface area contributed by atoms with Crippen LogP contribution in [0.5, 0.6) is 0 Å². The molecule has 0 spiro atoms. The summed E-state index contributed by atoms with van der Waals surface area (Å²) < 4.78 is 6.60. The second kappa shape index (κ2) is 8.00. The number of rotatable bonds is 5. The summed E-state index contributed by atoms with van der Waals surface area (Å²) in [6, 6.07) is 6.58. The molecular weight excluding hydrogens is 310 g/mol. The molecule has 1 heterocycles. The number of nitrogens with zero attached hydrogens (tertiary/aromatic N) is 3. The van der Waals surface area contributed by atoms with Crippen LogP contribution in [0.25, 0.3) is 0 Å². The predicted molar refractivity (Wildman–Crippen MR) is 90.9 cm³/mol. The first-order valence-electron chi connectivity index (χ1n) is 7.52. The van der Waals surface area contributed by atoms with Crippen LogP contribution in [0.4, 0.5) is 21.0 Å². The van der Waals surface area contributed by atoms with E-state index in [1.807, 2.05) is 13.2 Å². The zero-order chi connectivity index (χ0) is 17.5. The van der Waals surface area contributed by atoms with Gasteiger partial charge in [0, 0.05) is 43.8 Å².